The Labute approximate surface area is 194 Å². The number of likely N-dealkylation sites (N-methyl/N-ethyl adjacent to an activating group) is 1. The predicted octanol–water partition coefficient (Wildman–Crippen LogP) is 4.70. The molecule has 0 aliphatic carbocycles. The van der Waals surface area contributed by atoms with Crippen LogP contribution in [0.5, 0.6) is 0 Å². The number of halogens is 1. The molecule has 0 aliphatic heterocycles. The molecular weight excluding hydrogens is 424 g/mol. The molecule has 2 amide bonds. The second-order valence-electron chi connectivity index (χ2n) is 7.75. The summed E-state index contributed by atoms with van der Waals surface area (Å²) in [6.07, 6.45) is 3.58. The zero-order valence-corrected chi connectivity index (χ0v) is 19.6. The molecule has 0 bridgehead atoms. The number of amides is 2. The van der Waals surface area contributed by atoms with E-state index in [4.69, 9.17) is 16.6 Å². The average molecular weight is 455 g/mol. The summed E-state index contributed by atoms with van der Waals surface area (Å²) >= 11 is 5.95. The molecule has 0 fully saturated rings. The zero-order chi connectivity index (χ0) is 22.9. The van der Waals surface area contributed by atoms with E-state index >= 15 is 0 Å². The van der Waals surface area contributed by atoms with Gasteiger partial charge in [0.1, 0.15) is 12.4 Å². The molecule has 7 heteroatoms. The minimum Gasteiger partial charge on any atom is -0.352 e. The van der Waals surface area contributed by atoms with Crippen LogP contribution in [0, 0.1) is 0 Å². The number of carbonyl (C=O) groups is 2. The molecular formula is C25H31ClN4O2. The van der Waals surface area contributed by atoms with Crippen LogP contribution in [0.1, 0.15) is 49.3 Å². The van der Waals surface area contributed by atoms with Crippen LogP contribution in [-0.2, 0) is 17.8 Å². The van der Waals surface area contributed by atoms with Crippen molar-refractivity contribution in [3.63, 3.8) is 0 Å². The van der Waals surface area contributed by atoms with Gasteiger partial charge in [-0.15, -0.1) is 0 Å². The largest absolute Gasteiger partial charge is 0.352 e. The van der Waals surface area contributed by atoms with Crippen molar-refractivity contribution in [1.82, 2.24) is 19.8 Å². The van der Waals surface area contributed by atoms with Gasteiger partial charge in [-0.05, 0) is 57.0 Å². The van der Waals surface area contributed by atoms with E-state index in [1.54, 1.807) is 24.3 Å². The van der Waals surface area contributed by atoms with Gasteiger partial charge in [-0.1, -0.05) is 36.2 Å². The van der Waals surface area contributed by atoms with Crippen molar-refractivity contribution >= 4 is 34.4 Å². The quantitative estimate of drug-likeness (QED) is 0.427. The maximum Gasteiger partial charge on any atom is 0.251 e. The number of carbonyl (C=O) groups excluding carboxylic acids is 2. The standard InChI is InChI=1S/C25H31ClN4O2/c1-3-29(4-2)24(31)18-30-22-14-8-7-13-21(22)28-23(30)15-6-5-9-16-27-25(32)19-11-10-12-20(26)17-19/h7-8,10-14,17H,3-6,9,15-16,18H2,1-2H3,(H,27,32). The van der Waals surface area contributed by atoms with Gasteiger partial charge in [-0.2, -0.15) is 0 Å². The number of benzene rings is 2. The first-order valence-corrected chi connectivity index (χ1v) is 11.7. The molecule has 32 heavy (non-hydrogen) atoms. The van der Waals surface area contributed by atoms with Crippen molar-refractivity contribution in [2.45, 2.75) is 46.1 Å². The van der Waals surface area contributed by atoms with Crippen molar-refractivity contribution in [3.05, 3.63) is 64.9 Å². The van der Waals surface area contributed by atoms with Crippen LogP contribution < -0.4 is 5.32 Å². The fraction of sp³-hybridized carbons (Fsp3) is 0.400. The number of aryl methyl sites for hydroxylation is 1. The lowest BCUT2D eigenvalue weighted by Crippen LogP contribution is -2.33. The maximum absolute atomic E-state index is 12.7. The second kappa shape index (κ2) is 11.7. The molecule has 0 saturated carbocycles. The number of nitrogens with one attached hydrogen (secondary N) is 1. The summed E-state index contributed by atoms with van der Waals surface area (Å²) in [6.45, 7) is 6.34. The second-order valence-corrected chi connectivity index (χ2v) is 8.18. The summed E-state index contributed by atoms with van der Waals surface area (Å²) in [5.41, 5.74) is 2.49. The van der Waals surface area contributed by atoms with Crippen molar-refractivity contribution < 1.29 is 9.59 Å². The molecule has 3 aromatic rings. The van der Waals surface area contributed by atoms with Gasteiger partial charge >= 0.3 is 0 Å². The van der Waals surface area contributed by atoms with Crippen LogP contribution in [0.25, 0.3) is 11.0 Å². The molecule has 6 nitrogen and oxygen atoms in total. The van der Waals surface area contributed by atoms with E-state index in [1.165, 1.54) is 0 Å². The van der Waals surface area contributed by atoms with E-state index in [9.17, 15) is 9.59 Å². The van der Waals surface area contributed by atoms with Gasteiger partial charge in [0.2, 0.25) is 5.91 Å². The number of unbranched alkanes of at least 4 members (excludes halogenated alkanes) is 2. The first kappa shape index (κ1) is 23.8. The summed E-state index contributed by atoms with van der Waals surface area (Å²) in [4.78, 5) is 31.5. The Morgan fingerprint density at radius 3 is 2.56 bits per heavy atom. The van der Waals surface area contributed by atoms with Gasteiger partial charge in [0.25, 0.3) is 5.91 Å². The van der Waals surface area contributed by atoms with E-state index in [1.807, 2.05) is 43.0 Å². The fourth-order valence-corrected chi connectivity index (χ4v) is 4.01. The number of aromatic nitrogens is 2. The lowest BCUT2D eigenvalue weighted by atomic mass is 10.1. The molecule has 2 aromatic carbocycles. The third-order valence-corrected chi connectivity index (χ3v) is 5.83. The van der Waals surface area contributed by atoms with Gasteiger partial charge in [0.05, 0.1) is 11.0 Å². The van der Waals surface area contributed by atoms with Crippen LogP contribution in [0.3, 0.4) is 0 Å². The van der Waals surface area contributed by atoms with Crippen molar-refractivity contribution in [2.24, 2.45) is 0 Å². The van der Waals surface area contributed by atoms with E-state index in [0.717, 1.165) is 42.5 Å². The number of para-hydroxylation sites is 2. The van der Waals surface area contributed by atoms with Crippen LogP contribution in [0.4, 0.5) is 0 Å². The lowest BCUT2D eigenvalue weighted by molar-refractivity contribution is -0.131. The molecule has 1 aromatic heterocycles. The predicted molar refractivity (Wildman–Crippen MR) is 129 cm³/mol. The molecule has 170 valence electrons. The summed E-state index contributed by atoms with van der Waals surface area (Å²) in [6, 6.07) is 14.9. The number of hydrogen-bond acceptors (Lipinski definition) is 3. The SMILES string of the molecule is CCN(CC)C(=O)Cn1c(CCCCCNC(=O)c2cccc(Cl)c2)nc2ccccc21. The Hall–Kier alpha value is -2.86. The van der Waals surface area contributed by atoms with E-state index in [-0.39, 0.29) is 11.8 Å². The van der Waals surface area contributed by atoms with Crippen LogP contribution in [0.15, 0.2) is 48.5 Å². The summed E-state index contributed by atoms with van der Waals surface area (Å²) in [5.74, 6) is 0.946. The van der Waals surface area contributed by atoms with Crippen molar-refractivity contribution in [1.29, 1.82) is 0 Å². The number of nitrogens with zero attached hydrogens (tertiary/aromatic N) is 3. The lowest BCUT2D eigenvalue weighted by Gasteiger charge is -2.20. The Bertz CT molecular complexity index is 1060. The Morgan fingerprint density at radius 2 is 1.81 bits per heavy atom. The monoisotopic (exact) mass is 454 g/mol. The van der Waals surface area contributed by atoms with Gasteiger partial charge in [-0.25, -0.2) is 4.98 Å². The molecule has 0 saturated heterocycles. The van der Waals surface area contributed by atoms with Crippen LogP contribution in [0.2, 0.25) is 5.02 Å². The summed E-state index contributed by atoms with van der Waals surface area (Å²) in [5, 5.41) is 3.50. The third kappa shape index (κ3) is 6.10. The average Bonchev–Trinajstić information content (AvgIpc) is 3.14. The first-order valence-electron chi connectivity index (χ1n) is 11.3. The van der Waals surface area contributed by atoms with Crippen LogP contribution in [-0.4, -0.2) is 45.9 Å². The molecule has 1 heterocycles. The van der Waals surface area contributed by atoms with Crippen molar-refractivity contribution in [2.75, 3.05) is 19.6 Å². The molecule has 1 N–H and O–H groups in total. The van der Waals surface area contributed by atoms with Gasteiger partial charge in [0, 0.05) is 36.6 Å². The fourth-order valence-electron chi connectivity index (χ4n) is 3.82. The highest BCUT2D eigenvalue weighted by Crippen LogP contribution is 2.18. The molecule has 0 atom stereocenters. The topological polar surface area (TPSA) is 67.2 Å². The number of rotatable bonds is 11. The van der Waals surface area contributed by atoms with E-state index < -0.39 is 0 Å². The smallest absolute Gasteiger partial charge is 0.251 e. The van der Waals surface area contributed by atoms with E-state index in [2.05, 4.69) is 9.88 Å². The third-order valence-electron chi connectivity index (χ3n) is 5.59. The minimum absolute atomic E-state index is 0.107. The normalized spacial score (nSPS) is 11.0. The highest BCUT2D eigenvalue weighted by molar-refractivity contribution is 6.30. The minimum atomic E-state index is -0.107. The first-order chi connectivity index (χ1) is 15.5. The Balaban J connectivity index is 1.53. The van der Waals surface area contributed by atoms with E-state index in [0.29, 0.717) is 36.8 Å². The summed E-state index contributed by atoms with van der Waals surface area (Å²) < 4.78 is 2.05. The zero-order valence-electron chi connectivity index (χ0n) is 18.8. The highest BCUT2D eigenvalue weighted by Gasteiger charge is 2.16. The van der Waals surface area contributed by atoms with Gasteiger partial charge in [0.15, 0.2) is 0 Å². The Morgan fingerprint density at radius 1 is 1.03 bits per heavy atom. The Kier molecular flexibility index (Phi) is 8.68. The van der Waals surface area contributed by atoms with Crippen molar-refractivity contribution in [3.8, 4) is 0 Å². The molecule has 3 rings (SSSR count). The number of hydrogen-bond donors (Lipinski definition) is 1. The number of imidazole rings is 1. The molecule has 0 radical (unpaired) electrons. The summed E-state index contributed by atoms with van der Waals surface area (Å²) in [7, 11) is 0. The molecule has 0 unspecified atom stereocenters. The van der Waals surface area contributed by atoms with Gasteiger partial charge in [-0.3, -0.25) is 9.59 Å². The maximum atomic E-state index is 12.7. The van der Waals surface area contributed by atoms with Gasteiger partial charge < -0.3 is 14.8 Å². The number of fused-ring (bicyclic) bond motifs is 1. The molecule has 0 aliphatic rings. The highest BCUT2D eigenvalue weighted by atomic mass is 35.5. The molecule has 0 spiro atoms. The van der Waals surface area contributed by atoms with Crippen LogP contribution >= 0.6 is 11.6 Å².